The van der Waals surface area contributed by atoms with Gasteiger partial charge in [-0.25, -0.2) is 0 Å². The van der Waals surface area contributed by atoms with Crippen LogP contribution in [0.1, 0.15) is 33.8 Å². The molecule has 5 nitrogen and oxygen atoms in total. The Kier molecular flexibility index (Phi) is 8.55. The van der Waals surface area contributed by atoms with Gasteiger partial charge in [0.1, 0.15) is 11.8 Å². The van der Waals surface area contributed by atoms with E-state index in [4.69, 9.17) is 27.9 Å². The third-order valence-electron chi connectivity index (χ3n) is 6.39. The van der Waals surface area contributed by atoms with Crippen molar-refractivity contribution in [1.82, 2.24) is 4.90 Å². The fraction of sp³-hybridized carbons (Fsp3) is 0.200. The Labute approximate surface area is 227 Å². The molecule has 7 heteroatoms. The average Bonchev–Trinajstić information content (AvgIpc) is 2.92. The summed E-state index contributed by atoms with van der Waals surface area (Å²) in [5.74, 6) is 0.0532. The second-order valence-electron chi connectivity index (χ2n) is 8.80. The number of hydrogen-bond donors (Lipinski definition) is 1. The molecule has 1 unspecified atom stereocenters. The Morgan fingerprint density at radius 3 is 2.46 bits per heavy atom. The normalized spacial score (nSPS) is 11.5. The van der Waals surface area contributed by atoms with E-state index >= 15 is 0 Å². The van der Waals surface area contributed by atoms with Crippen LogP contribution in [-0.2, 0) is 0 Å². The number of carbonyl (C=O) groups excluding carboxylic acids is 1. The zero-order valence-electron chi connectivity index (χ0n) is 20.7. The van der Waals surface area contributed by atoms with Gasteiger partial charge in [-0.1, -0.05) is 71.7 Å². The summed E-state index contributed by atoms with van der Waals surface area (Å²) >= 11 is 12.5. The topological polar surface area (TPSA) is 65.4 Å². The van der Waals surface area contributed by atoms with Crippen LogP contribution in [0.3, 0.4) is 0 Å². The molecule has 0 aliphatic carbocycles. The zero-order chi connectivity index (χ0) is 26.4. The van der Waals surface area contributed by atoms with Crippen LogP contribution in [0.25, 0.3) is 10.8 Å². The standard InChI is InChI=1S/C30H27Cl2N3O2/c1-35(30(36)28-25-11-7-6-8-21(25)16-23(18-33)29(28)37-2)19-22(20-12-13-26(31)27(32)17-20)14-15-34-24-9-4-3-5-10-24/h3-13,16-17,22,34H,14-15,19H2,1-2H3. The van der Waals surface area contributed by atoms with Gasteiger partial charge in [0.25, 0.3) is 5.91 Å². The number of hydrogen-bond acceptors (Lipinski definition) is 4. The van der Waals surface area contributed by atoms with Crippen LogP contribution in [0.5, 0.6) is 5.75 Å². The third kappa shape index (κ3) is 5.99. The summed E-state index contributed by atoms with van der Waals surface area (Å²) < 4.78 is 5.57. The molecule has 0 saturated carbocycles. The lowest BCUT2D eigenvalue weighted by molar-refractivity contribution is 0.0784. The molecule has 0 saturated heterocycles. The summed E-state index contributed by atoms with van der Waals surface area (Å²) in [6, 6.07) is 27.0. The Morgan fingerprint density at radius 2 is 1.76 bits per heavy atom. The molecule has 4 aromatic carbocycles. The number of halogens is 2. The molecule has 37 heavy (non-hydrogen) atoms. The van der Waals surface area contributed by atoms with E-state index < -0.39 is 0 Å². The molecule has 4 aromatic rings. The number of likely N-dealkylation sites (N-methyl/N-ethyl adjacent to an activating group) is 1. The van der Waals surface area contributed by atoms with Crippen molar-refractivity contribution in [2.75, 3.05) is 32.6 Å². The Morgan fingerprint density at radius 1 is 1.03 bits per heavy atom. The second kappa shape index (κ2) is 12.0. The van der Waals surface area contributed by atoms with Gasteiger partial charge in [0, 0.05) is 31.7 Å². The van der Waals surface area contributed by atoms with Crippen molar-refractivity contribution in [3.8, 4) is 11.8 Å². The maximum absolute atomic E-state index is 13.9. The number of nitrogens with zero attached hydrogens (tertiary/aromatic N) is 2. The summed E-state index contributed by atoms with van der Waals surface area (Å²) in [5.41, 5.74) is 2.73. The first-order valence-electron chi connectivity index (χ1n) is 11.9. The maximum Gasteiger partial charge on any atom is 0.258 e. The number of benzene rings is 4. The van der Waals surface area contributed by atoms with Gasteiger partial charge < -0.3 is 15.0 Å². The molecule has 0 aliphatic rings. The van der Waals surface area contributed by atoms with Crippen LogP contribution < -0.4 is 10.1 Å². The van der Waals surface area contributed by atoms with Crippen LogP contribution in [0.15, 0.2) is 78.9 Å². The first-order valence-corrected chi connectivity index (χ1v) is 12.7. The van der Waals surface area contributed by atoms with Crippen molar-refractivity contribution < 1.29 is 9.53 Å². The van der Waals surface area contributed by atoms with Crippen LogP contribution in [0.2, 0.25) is 10.0 Å². The van der Waals surface area contributed by atoms with Gasteiger partial charge in [-0.05, 0) is 53.1 Å². The molecule has 0 aromatic heterocycles. The minimum absolute atomic E-state index is 0.0173. The number of methoxy groups -OCH3 is 1. The third-order valence-corrected chi connectivity index (χ3v) is 7.13. The predicted octanol–water partition coefficient (Wildman–Crippen LogP) is 7.38. The maximum atomic E-state index is 13.9. The van der Waals surface area contributed by atoms with E-state index in [1.165, 1.54) is 7.11 Å². The molecule has 1 N–H and O–H groups in total. The monoisotopic (exact) mass is 531 g/mol. The van der Waals surface area contributed by atoms with E-state index in [1.54, 1.807) is 24.1 Å². The van der Waals surface area contributed by atoms with Crippen molar-refractivity contribution in [3.05, 3.63) is 106 Å². The van der Waals surface area contributed by atoms with E-state index in [2.05, 4.69) is 11.4 Å². The number of nitrogens with one attached hydrogen (secondary N) is 1. The predicted molar refractivity (Wildman–Crippen MR) is 151 cm³/mol. The van der Waals surface area contributed by atoms with Crippen LogP contribution in [-0.4, -0.2) is 38.1 Å². The van der Waals surface area contributed by atoms with Crippen molar-refractivity contribution in [2.45, 2.75) is 12.3 Å². The molecule has 4 rings (SSSR count). The molecule has 1 amide bonds. The lowest BCUT2D eigenvalue weighted by Gasteiger charge is -2.26. The molecular formula is C30H27Cl2N3O2. The average molecular weight is 532 g/mol. The number of para-hydroxylation sites is 1. The van der Waals surface area contributed by atoms with Crippen LogP contribution >= 0.6 is 23.2 Å². The summed E-state index contributed by atoms with van der Waals surface area (Å²) in [5, 5.41) is 15.7. The van der Waals surface area contributed by atoms with Gasteiger partial charge in [0.05, 0.1) is 28.3 Å². The summed E-state index contributed by atoms with van der Waals surface area (Å²) in [7, 11) is 3.25. The van der Waals surface area contributed by atoms with Gasteiger partial charge in [0.15, 0.2) is 0 Å². The van der Waals surface area contributed by atoms with Crippen LogP contribution in [0.4, 0.5) is 5.69 Å². The van der Waals surface area contributed by atoms with E-state index in [9.17, 15) is 10.1 Å². The SMILES string of the molecule is COc1c(C#N)cc2ccccc2c1C(=O)N(C)CC(CCNc1ccccc1)c1ccc(Cl)c(Cl)c1. The van der Waals surface area contributed by atoms with E-state index in [0.717, 1.165) is 28.4 Å². The Balaban J connectivity index is 1.64. The highest BCUT2D eigenvalue weighted by Crippen LogP contribution is 2.34. The Hall–Kier alpha value is -3.72. The first-order chi connectivity index (χ1) is 17.9. The van der Waals surface area contributed by atoms with Crippen LogP contribution in [0, 0.1) is 11.3 Å². The molecule has 0 aliphatic heterocycles. The number of anilines is 1. The highest BCUT2D eigenvalue weighted by molar-refractivity contribution is 6.42. The first kappa shape index (κ1) is 26.3. The smallest absolute Gasteiger partial charge is 0.258 e. The van der Waals surface area contributed by atoms with Gasteiger partial charge in [-0.2, -0.15) is 5.26 Å². The number of ether oxygens (including phenoxy) is 1. The highest BCUT2D eigenvalue weighted by Gasteiger charge is 2.25. The summed E-state index contributed by atoms with van der Waals surface area (Å²) in [6.45, 7) is 1.13. The fourth-order valence-electron chi connectivity index (χ4n) is 4.52. The van der Waals surface area contributed by atoms with E-state index in [0.29, 0.717) is 34.3 Å². The Bertz CT molecular complexity index is 1450. The lowest BCUT2D eigenvalue weighted by atomic mass is 9.94. The quantitative estimate of drug-likeness (QED) is 0.244. The zero-order valence-corrected chi connectivity index (χ0v) is 22.2. The van der Waals surface area contributed by atoms with Gasteiger partial charge in [-0.15, -0.1) is 0 Å². The van der Waals surface area contributed by atoms with Crippen molar-refractivity contribution >= 4 is 45.6 Å². The molecule has 1 atom stereocenters. The van der Waals surface area contributed by atoms with Gasteiger partial charge >= 0.3 is 0 Å². The largest absolute Gasteiger partial charge is 0.495 e. The second-order valence-corrected chi connectivity index (χ2v) is 9.62. The van der Waals surface area contributed by atoms with Crippen molar-refractivity contribution in [3.63, 3.8) is 0 Å². The molecule has 188 valence electrons. The number of amides is 1. The van der Waals surface area contributed by atoms with E-state index in [-0.39, 0.29) is 17.6 Å². The summed E-state index contributed by atoms with van der Waals surface area (Å²) in [4.78, 5) is 15.5. The molecule has 0 bridgehead atoms. The number of nitriles is 1. The molecule has 0 heterocycles. The van der Waals surface area contributed by atoms with Gasteiger partial charge in [-0.3, -0.25) is 4.79 Å². The van der Waals surface area contributed by atoms with Crippen molar-refractivity contribution in [1.29, 1.82) is 5.26 Å². The van der Waals surface area contributed by atoms with Crippen molar-refractivity contribution in [2.24, 2.45) is 0 Å². The number of carbonyl (C=O) groups is 1. The number of fused-ring (bicyclic) bond motifs is 1. The van der Waals surface area contributed by atoms with E-state index in [1.807, 2.05) is 66.7 Å². The molecule has 0 radical (unpaired) electrons. The minimum Gasteiger partial charge on any atom is -0.495 e. The van der Waals surface area contributed by atoms with Gasteiger partial charge in [0.2, 0.25) is 0 Å². The highest BCUT2D eigenvalue weighted by atomic mass is 35.5. The summed E-state index contributed by atoms with van der Waals surface area (Å²) in [6.07, 6.45) is 0.751. The minimum atomic E-state index is -0.216. The fourth-order valence-corrected chi connectivity index (χ4v) is 4.82. The molecular weight excluding hydrogens is 505 g/mol. The number of rotatable bonds is 9. The molecule has 0 spiro atoms. The lowest BCUT2D eigenvalue weighted by Crippen LogP contribution is -2.32. The molecule has 0 fully saturated rings.